The zero-order valence-corrected chi connectivity index (χ0v) is 11.0. The van der Waals surface area contributed by atoms with Crippen molar-refractivity contribution in [1.29, 1.82) is 0 Å². The van der Waals surface area contributed by atoms with E-state index in [0.29, 0.717) is 4.90 Å². The molecule has 2 aromatic carbocycles. The van der Waals surface area contributed by atoms with Crippen molar-refractivity contribution in [3.8, 4) is 0 Å². The van der Waals surface area contributed by atoms with Gasteiger partial charge in [-0.25, -0.2) is 4.21 Å². The van der Waals surface area contributed by atoms with Crippen LogP contribution < -0.4 is 4.72 Å². The fourth-order valence-corrected chi connectivity index (χ4v) is 2.29. The van der Waals surface area contributed by atoms with Gasteiger partial charge in [0.25, 0.3) is 11.6 Å². The van der Waals surface area contributed by atoms with E-state index in [1.807, 2.05) is 0 Å². The summed E-state index contributed by atoms with van der Waals surface area (Å²) < 4.78 is 14.2. The molecule has 1 N–H and O–H groups in total. The van der Waals surface area contributed by atoms with Gasteiger partial charge in [0, 0.05) is 17.7 Å². The highest BCUT2D eigenvalue weighted by molar-refractivity contribution is 7.83. The molecule has 0 heterocycles. The van der Waals surface area contributed by atoms with Gasteiger partial charge in [0.1, 0.15) is 0 Å². The lowest BCUT2D eigenvalue weighted by molar-refractivity contribution is -0.384. The van der Waals surface area contributed by atoms with Crippen LogP contribution >= 0.6 is 0 Å². The number of carbonyl (C=O) groups is 1. The summed E-state index contributed by atoms with van der Waals surface area (Å²) in [4.78, 5) is 22.3. The number of hydrogen-bond acceptors (Lipinski definition) is 4. The lowest BCUT2D eigenvalue weighted by Gasteiger charge is -2.04. The van der Waals surface area contributed by atoms with Crippen molar-refractivity contribution in [3.05, 3.63) is 70.3 Å². The Kier molecular flexibility index (Phi) is 4.21. The Morgan fingerprint density at radius 2 is 1.65 bits per heavy atom. The Morgan fingerprint density at radius 3 is 2.20 bits per heavy atom. The smallest absolute Gasteiger partial charge is 0.268 e. The maximum absolute atomic E-state index is 11.9. The Bertz CT molecular complexity index is 656. The van der Waals surface area contributed by atoms with E-state index < -0.39 is 21.8 Å². The molecular weight excluding hydrogens is 280 g/mol. The molecule has 0 aromatic heterocycles. The third-order valence-electron chi connectivity index (χ3n) is 2.48. The van der Waals surface area contributed by atoms with Crippen molar-refractivity contribution in [2.24, 2.45) is 0 Å². The number of nitro benzene ring substituents is 1. The van der Waals surface area contributed by atoms with Gasteiger partial charge in [0.15, 0.2) is 11.0 Å². The summed E-state index contributed by atoms with van der Waals surface area (Å²) in [7, 11) is -1.66. The van der Waals surface area contributed by atoms with Gasteiger partial charge in [-0.3, -0.25) is 19.6 Å². The number of amides is 1. The Hall–Kier alpha value is -2.54. The Labute approximate surface area is 117 Å². The SMILES string of the molecule is O=C(NS(=O)c1ccccc1)c1ccc([N+](=O)[O-])cc1. The van der Waals surface area contributed by atoms with Crippen LogP contribution in [0.2, 0.25) is 0 Å². The summed E-state index contributed by atoms with van der Waals surface area (Å²) in [6.45, 7) is 0. The fraction of sp³-hybridized carbons (Fsp3) is 0. The van der Waals surface area contributed by atoms with Gasteiger partial charge in [-0.2, -0.15) is 0 Å². The molecule has 102 valence electrons. The summed E-state index contributed by atoms with van der Waals surface area (Å²) >= 11 is 0. The molecule has 1 atom stereocenters. The highest BCUT2D eigenvalue weighted by Gasteiger charge is 2.12. The standard InChI is InChI=1S/C13H10N2O4S/c16-13(10-6-8-11(9-7-10)15(17)18)14-20(19)12-4-2-1-3-5-12/h1-9H,(H,14,16). The van der Waals surface area contributed by atoms with Crippen molar-refractivity contribution in [3.63, 3.8) is 0 Å². The maximum atomic E-state index is 11.9. The first kappa shape index (κ1) is 13.9. The molecule has 0 saturated carbocycles. The third kappa shape index (κ3) is 3.27. The van der Waals surface area contributed by atoms with Crippen LogP contribution in [0.1, 0.15) is 10.4 Å². The second-order valence-electron chi connectivity index (χ2n) is 3.82. The predicted molar refractivity (Wildman–Crippen MR) is 73.4 cm³/mol. The third-order valence-corrected chi connectivity index (χ3v) is 3.55. The van der Waals surface area contributed by atoms with Gasteiger partial charge in [0.05, 0.1) is 9.82 Å². The van der Waals surface area contributed by atoms with E-state index in [-0.39, 0.29) is 11.3 Å². The molecule has 2 aromatic rings. The average molecular weight is 290 g/mol. The Morgan fingerprint density at radius 1 is 1.05 bits per heavy atom. The van der Waals surface area contributed by atoms with Crippen LogP contribution in [0, 0.1) is 10.1 Å². The largest absolute Gasteiger partial charge is 0.269 e. The van der Waals surface area contributed by atoms with Crippen molar-refractivity contribution >= 4 is 22.6 Å². The van der Waals surface area contributed by atoms with Crippen LogP contribution in [0.3, 0.4) is 0 Å². The molecule has 0 fully saturated rings. The number of non-ortho nitro benzene ring substituents is 1. The number of benzene rings is 2. The molecule has 2 rings (SSSR count). The van der Waals surface area contributed by atoms with Gasteiger partial charge in [-0.1, -0.05) is 18.2 Å². The van der Waals surface area contributed by atoms with Crippen LogP contribution in [0.25, 0.3) is 0 Å². The van der Waals surface area contributed by atoms with Gasteiger partial charge in [0.2, 0.25) is 0 Å². The van der Waals surface area contributed by atoms with Gasteiger partial charge in [-0.15, -0.1) is 0 Å². The summed E-state index contributed by atoms with van der Waals surface area (Å²) in [5.41, 5.74) is 0.102. The highest BCUT2D eigenvalue weighted by Crippen LogP contribution is 2.12. The topological polar surface area (TPSA) is 89.3 Å². The summed E-state index contributed by atoms with van der Waals surface area (Å²) in [5, 5.41) is 10.5. The van der Waals surface area contributed by atoms with E-state index >= 15 is 0 Å². The second-order valence-corrected chi connectivity index (χ2v) is 5.03. The number of nitro groups is 1. The number of hydrogen-bond donors (Lipinski definition) is 1. The molecule has 20 heavy (non-hydrogen) atoms. The highest BCUT2D eigenvalue weighted by atomic mass is 32.2. The molecule has 0 saturated heterocycles. The van der Waals surface area contributed by atoms with E-state index in [4.69, 9.17) is 0 Å². The molecule has 0 aliphatic carbocycles. The van der Waals surface area contributed by atoms with Gasteiger partial charge < -0.3 is 0 Å². The van der Waals surface area contributed by atoms with Crippen LogP contribution in [0.4, 0.5) is 5.69 Å². The number of carbonyl (C=O) groups excluding carboxylic acids is 1. The zero-order valence-electron chi connectivity index (χ0n) is 10.2. The minimum absolute atomic E-state index is 0.106. The summed E-state index contributed by atoms with van der Waals surface area (Å²) in [5.74, 6) is -0.554. The van der Waals surface area contributed by atoms with E-state index in [1.54, 1.807) is 30.3 Å². The number of nitrogens with one attached hydrogen (secondary N) is 1. The normalized spacial score (nSPS) is 11.6. The molecule has 7 heteroatoms. The van der Waals surface area contributed by atoms with E-state index in [1.165, 1.54) is 24.3 Å². The maximum Gasteiger partial charge on any atom is 0.269 e. The molecule has 6 nitrogen and oxygen atoms in total. The van der Waals surface area contributed by atoms with E-state index in [9.17, 15) is 19.1 Å². The van der Waals surface area contributed by atoms with Crippen LogP contribution in [0.15, 0.2) is 59.5 Å². The van der Waals surface area contributed by atoms with Crippen molar-refractivity contribution in [2.45, 2.75) is 4.90 Å². The number of rotatable bonds is 4. The predicted octanol–water partition coefficient (Wildman–Crippen LogP) is 2.05. The molecule has 0 spiro atoms. The average Bonchev–Trinajstić information content (AvgIpc) is 2.48. The van der Waals surface area contributed by atoms with Gasteiger partial charge in [-0.05, 0) is 24.3 Å². The minimum atomic E-state index is -1.66. The number of nitrogens with zero attached hydrogens (tertiary/aromatic N) is 1. The molecular formula is C13H10N2O4S. The first-order chi connectivity index (χ1) is 9.58. The minimum Gasteiger partial charge on any atom is -0.268 e. The zero-order chi connectivity index (χ0) is 14.5. The van der Waals surface area contributed by atoms with Crippen molar-refractivity contribution < 1.29 is 13.9 Å². The van der Waals surface area contributed by atoms with Crippen LogP contribution in [-0.2, 0) is 11.0 Å². The molecule has 1 unspecified atom stereocenters. The molecule has 0 radical (unpaired) electrons. The lowest BCUT2D eigenvalue weighted by Crippen LogP contribution is -2.25. The van der Waals surface area contributed by atoms with Crippen molar-refractivity contribution in [1.82, 2.24) is 4.72 Å². The summed E-state index contributed by atoms with van der Waals surface area (Å²) in [6.07, 6.45) is 0. The lowest BCUT2D eigenvalue weighted by atomic mass is 10.2. The Balaban J connectivity index is 2.08. The quantitative estimate of drug-likeness (QED) is 0.689. The van der Waals surface area contributed by atoms with Gasteiger partial charge >= 0.3 is 0 Å². The first-order valence-corrected chi connectivity index (χ1v) is 6.75. The van der Waals surface area contributed by atoms with Crippen molar-refractivity contribution in [2.75, 3.05) is 0 Å². The summed E-state index contributed by atoms with van der Waals surface area (Å²) in [6, 6.07) is 13.5. The van der Waals surface area contributed by atoms with E-state index in [0.717, 1.165) is 0 Å². The first-order valence-electron chi connectivity index (χ1n) is 5.60. The fourth-order valence-electron chi connectivity index (χ4n) is 1.48. The van der Waals surface area contributed by atoms with Crippen LogP contribution in [-0.4, -0.2) is 15.0 Å². The monoisotopic (exact) mass is 290 g/mol. The molecule has 0 aliphatic heterocycles. The van der Waals surface area contributed by atoms with Crippen LogP contribution in [0.5, 0.6) is 0 Å². The second kappa shape index (κ2) is 6.07. The molecule has 0 bridgehead atoms. The van der Waals surface area contributed by atoms with E-state index in [2.05, 4.69) is 4.72 Å². The molecule has 0 aliphatic rings. The molecule has 1 amide bonds.